The number of rotatable bonds is 7. The van der Waals surface area contributed by atoms with Crippen molar-refractivity contribution in [3.05, 3.63) is 76.8 Å². The second-order valence-corrected chi connectivity index (χ2v) is 8.04. The minimum atomic E-state index is 0.244. The van der Waals surface area contributed by atoms with E-state index >= 15 is 0 Å². The van der Waals surface area contributed by atoms with Crippen LogP contribution in [0, 0.1) is 0 Å². The third kappa shape index (κ3) is 6.73. The average Bonchev–Trinajstić information content (AvgIpc) is 2.71. The highest BCUT2D eigenvalue weighted by molar-refractivity contribution is 7.99. The number of carbonyl (C=O) groups excluding carboxylic acids is 1. The molecule has 0 aliphatic carbocycles. The van der Waals surface area contributed by atoms with Gasteiger partial charge in [0.1, 0.15) is 0 Å². The first-order valence-corrected chi connectivity index (χ1v) is 10.8. The highest BCUT2D eigenvalue weighted by Gasteiger charge is 2.20. The van der Waals surface area contributed by atoms with Gasteiger partial charge in [-0.3, -0.25) is 9.69 Å². The maximum absolute atomic E-state index is 12.4. The fourth-order valence-corrected chi connectivity index (χ4v) is 4.02. The molecule has 1 heterocycles. The van der Waals surface area contributed by atoms with E-state index in [0.29, 0.717) is 5.75 Å². The first kappa shape index (κ1) is 20.0. The van der Waals surface area contributed by atoms with Crippen LogP contribution in [-0.2, 0) is 10.5 Å². The summed E-state index contributed by atoms with van der Waals surface area (Å²) in [4.78, 5) is 16.8. The van der Waals surface area contributed by atoms with E-state index in [1.54, 1.807) is 11.8 Å². The molecule has 0 aromatic heterocycles. The third-order valence-electron chi connectivity index (χ3n) is 4.61. The second kappa shape index (κ2) is 10.5. The molecule has 0 radical (unpaired) electrons. The minimum Gasteiger partial charge on any atom is -0.339 e. The molecule has 1 fully saturated rings. The van der Waals surface area contributed by atoms with E-state index in [4.69, 9.17) is 11.6 Å². The second-order valence-electron chi connectivity index (χ2n) is 6.61. The van der Waals surface area contributed by atoms with Crippen LogP contribution < -0.4 is 0 Å². The van der Waals surface area contributed by atoms with Gasteiger partial charge < -0.3 is 4.90 Å². The van der Waals surface area contributed by atoms with Gasteiger partial charge in [-0.2, -0.15) is 0 Å². The Labute approximate surface area is 171 Å². The Kier molecular flexibility index (Phi) is 7.81. The molecule has 1 amide bonds. The van der Waals surface area contributed by atoms with Gasteiger partial charge in [0.2, 0.25) is 5.91 Å². The molecule has 0 unspecified atom stereocenters. The van der Waals surface area contributed by atoms with E-state index in [-0.39, 0.29) is 5.91 Å². The van der Waals surface area contributed by atoms with Gasteiger partial charge in [0.15, 0.2) is 0 Å². The highest BCUT2D eigenvalue weighted by Crippen LogP contribution is 2.16. The van der Waals surface area contributed by atoms with E-state index in [1.165, 1.54) is 11.1 Å². The van der Waals surface area contributed by atoms with Crippen molar-refractivity contribution in [3.63, 3.8) is 0 Å². The van der Waals surface area contributed by atoms with Crippen molar-refractivity contribution in [2.24, 2.45) is 0 Å². The standard InChI is InChI=1S/C22H25ClN2OS/c23-21-10-8-20(9-11-21)17-27-18-22(26)25-15-13-24(14-16-25)12-4-7-19-5-2-1-3-6-19/h1-11H,12-18H2/b7-4+. The normalized spacial score (nSPS) is 15.4. The lowest BCUT2D eigenvalue weighted by Gasteiger charge is -2.34. The van der Waals surface area contributed by atoms with Gasteiger partial charge in [-0.05, 0) is 23.3 Å². The predicted octanol–water partition coefficient (Wildman–Crippen LogP) is 4.43. The lowest BCUT2D eigenvalue weighted by Crippen LogP contribution is -2.49. The molecule has 0 atom stereocenters. The Bertz CT molecular complexity index is 741. The highest BCUT2D eigenvalue weighted by atomic mass is 35.5. The van der Waals surface area contributed by atoms with Crippen LogP contribution in [0.3, 0.4) is 0 Å². The molecule has 0 spiro atoms. The van der Waals surface area contributed by atoms with E-state index < -0.39 is 0 Å². The first-order chi connectivity index (χ1) is 13.2. The molecule has 2 aromatic carbocycles. The lowest BCUT2D eigenvalue weighted by molar-refractivity contribution is -0.129. The van der Waals surface area contributed by atoms with Crippen molar-refractivity contribution < 1.29 is 4.79 Å². The smallest absolute Gasteiger partial charge is 0.232 e. The monoisotopic (exact) mass is 400 g/mol. The van der Waals surface area contributed by atoms with E-state index in [2.05, 4.69) is 41.3 Å². The summed E-state index contributed by atoms with van der Waals surface area (Å²) < 4.78 is 0. The summed E-state index contributed by atoms with van der Waals surface area (Å²) in [6.07, 6.45) is 4.36. The van der Waals surface area contributed by atoms with E-state index in [0.717, 1.165) is 43.5 Å². The summed E-state index contributed by atoms with van der Waals surface area (Å²) in [5, 5.41) is 0.747. The summed E-state index contributed by atoms with van der Waals surface area (Å²) in [6, 6.07) is 18.2. The van der Waals surface area contributed by atoms with E-state index in [9.17, 15) is 4.79 Å². The van der Waals surface area contributed by atoms with Crippen LogP contribution in [-0.4, -0.2) is 54.2 Å². The van der Waals surface area contributed by atoms with Crippen LogP contribution in [0.15, 0.2) is 60.7 Å². The summed E-state index contributed by atoms with van der Waals surface area (Å²) in [5.74, 6) is 1.62. The molecule has 3 rings (SSSR count). The van der Waals surface area contributed by atoms with Crippen LogP contribution in [0.1, 0.15) is 11.1 Å². The number of halogens is 1. The topological polar surface area (TPSA) is 23.6 Å². The Morgan fingerprint density at radius 1 is 1.00 bits per heavy atom. The van der Waals surface area contributed by atoms with Gasteiger partial charge in [-0.15, -0.1) is 11.8 Å². The van der Waals surface area contributed by atoms with E-state index in [1.807, 2.05) is 35.2 Å². The number of hydrogen-bond donors (Lipinski definition) is 0. The summed E-state index contributed by atoms with van der Waals surface area (Å²) in [5.41, 5.74) is 2.43. The van der Waals surface area contributed by atoms with Gasteiger partial charge in [0.25, 0.3) is 0 Å². The largest absolute Gasteiger partial charge is 0.339 e. The molecular weight excluding hydrogens is 376 g/mol. The Balaban J connectivity index is 1.34. The molecule has 5 heteroatoms. The summed E-state index contributed by atoms with van der Waals surface area (Å²) in [6.45, 7) is 4.45. The average molecular weight is 401 g/mol. The fraction of sp³-hybridized carbons (Fsp3) is 0.318. The van der Waals surface area contributed by atoms with Crippen LogP contribution in [0.5, 0.6) is 0 Å². The zero-order valence-electron chi connectivity index (χ0n) is 15.4. The molecule has 27 heavy (non-hydrogen) atoms. The van der Waals surface area contributed by atoms with Gasteiger partial charge in [-0.25, -0.2) is 0 Å². The molecule has 0 bridgehead atoms. The van der Waals surface area contributed by atoms with Crippen LogP contribution in [0.25, 0.3) is 6.08 Å². The molecule has 1 aliphatic rings. The minimum absolute atomic E-state index is 0.244. The molecule has 2 aromatic rings. The number of thioether (sulfide) groups is 1. The zero-order chi connectivity index (χ0) is 18.9. The predicted molar refractivity (Wildman–Crippen MR) is 116 cm³/mol. The number of nitrogens with zero attached hydrogens (tertiary/aromatic N) is 2. The molecule has 142 valence electrons. The maximum atomic E-state index is 12.4. The molecule has 0 saturated carbocycles. The van der Waals surface area contributed by atoms with Crippen molar-refractivity contribution in [1.82, 2.24) is 9.80 Å². The summed E-state index contributed by atoms with van der Waals surface area (Å²) in [7, 11) is 0. The summed E-state index contributed by atoms with van der Waals surface area (Å²) >= 11 is 7.56. The quantitative estimate of drug-likeness (QED) is 0.686. The molecule has 3 nitrogen and oxygen atoms in total. The number of benzene rings is 2. The Hall–Kier alpha value is -1.75. The first-order valence-electron chi connectivity index (χ1n) is 9.24. The lowest BCUT2D eigenvalue weighted by atomic mass is 10.2. The molecule has 1 saturated heterocycles. The van der Waals surface area contributed by atoms with Crippen molar-refractivity contribution in [1.29, 1.82) is 0 Å². The Morgan fingerprint density at radius 3 is 2.41 bits per heavy atom. The van der Waals surface area contributed by atoms with Crippen LogP contribution in [0.2, 0.25) is 5.02 Å². The SMILES string of the molecule is O=C(CSCc1ccc(Cl)cc1)N1CCN(C/C=C/c2ccccc2)CC1. The Morgan fingerprint density at radius 2 is 1.70 bits per heavy atom. The van der Waals surface area contributed by atoms with Crippen molar-refractivity contribution in [2.45, 2.75) is 5.75 Å². The molecule has 1 aliphatic heterocycles. The third-order valence-corrected chi connectivity index (χ3v) is 5.85. The van der Waals surface area contributed by atoms with Gasteiger partial charge in [0.05, 0.1) is 5.75 Å². The van der Waals surface area contributed by atoms with Gasteiger partial charge >= 0.3 is 0 Å². The van der Waals surface area contributed by atoms with Gasteiger partial charge in [0, 0.05) is 43.5 Å². The molecular formula is C22H25ClN2OS. The van der Waals surface area contributed by atoms with Crippen molar-refractivity contribution >= 4 is 35.3 Å². The maximum Gasteiger partial charge on any atom is 0.232 e. The number of piperazine rings is 1. The number of hydrogen-bond acceptors (Lipinski definition) is 3. The van der Waals surface area contributed by atoms with Crippen molar-refractivity contribution in [2.75, 3.05) is 38.5 Å². The number of amides is 1. The number of carbonyl (C=O) groups is 1. The fourth-order valence-electron chi connectivity index (χ4n) is 3.01. The van der Waals surface area contributed by atoms with Gasteiger partial charge in [-0.1, -0.05) is 66.2 Å². The van der Waals surface area contributed by atoms with Crippen molar-refractivity contribution in [3.8, 4) is 0 Å². The van der Waals surface area contributed by atoms with Crippen LogP contribution in [0.4, 0.5) is 0 Å². The zero-order valence-corrected chi connectivity index (χ0v) is 17.0. The van der Waals surface area contributed by atoms with Crippen LogP contribution >= 0.6 is 23.4 Å². The molecule has 0 N–H and O–H groups in total.